The summed E-state index contributed by atoms with van der Waals surface area (Å²) in [6, 6.07) is 9.32. The number of benzene rings is 1. The fourth-order valence-corrected chi connectivity index (χ4v) is 3.96. The smallest absolute Gasteiger partial charge is 0.275 e. The zero-order valence-electron chi connectivity index (χ0n) is 14.7. The summed E-state index contributed by atoms with van der Waals surface area (Å²) < 4.78 is 1.34. The molecule has 0 fully saturated rings. The minimum Gasteiger partial charge on any atom is -0.325 e. The number of nitrogens with one attached hydrogen (secondary N) is 1. The van der Waals surface area contributed by atoms with Gasteiger partial charge in [0.1, 0.15) is 5.01 Å². The summed E-state index contributed by atoms with van der Waals surface area (Å²) >= 11 is 2.85. The van der Waals surface area contributed by atoms with E-state index in [-0.39, 0.29) is 11.5 Å². The van der Waals surface area contributed by atoms with Crippen molar-refractivity contribution in [3.63, 3.8) is 0 Å². The molecular formula is C18H20N4O2S2. The van der Waals surface area contributed by atoms with Gasteiger partial charge in [0.25, 0.3) is 5.56 Å². The van der Waals surface area contributed by atoms with Crippen LogP contribution in [0.2, 0.25) is 0 Å². The van der Waals surface area contributed by atoms with E-state index < -0.39 is 0 Å². The number of carbonyl (C=O) groups excluding carboxylic acids is 1. The van der Waals surface area contributed by atoms with Crippen LogP contribution in [0, 0.1) is 0 Å². The summed E-state index contributed by atoms with van der Waals surface area (Å²) in [5.74, 6) is 0.746. The molecule has 136 valence electrons. The molecule has 8 heteroatoms. The summed E-state index contributed by atoms with van der Waals surface area (Å²) in [6.07, 6.45) is 1.75. The van der Waals surface area contributed by atoms with E-state index in [1.807, 2.05) is 31.2 Å². The Balaban J connectivity index is 1.56. The zero-order valence-corrected chi connectivity index (χ0v) is 16.3. The third-order valence-electron chi connectivity index (χ3n) is 3.77. The maximum atomic E-state index is 12.1. The average Bonchev–Trinajstić information content (AvgIpc) is 3.06. The highest BCUT2D eigenvalue weighted by molar-refractivity contribution is 7.99. The van der Waals surface area contributed by atoms with E-state index in [2.05, 4.69) is 22.3 Å². The molecule has 1 N–H and O–H groups in total. The molecule has 2 heterocycles. The van der Waals surface area contributed by atoms with Crippen molar-refractivity contribution in [3.8, 4) is 0 Å². The Morgan fingerprint density at radius 3 is 2.69 bits per heavy atom. The lowest BCUT2D eigenvalue weighted by molar-refractivity contribution is -0.113. The van der Waals surface area contributed by atoms with Gasteiger partial charge in [-0.15, -0.1) is 11.8 Å². The average molecular weight is 389 g/mol. The summed E-state index contributed by atoms with van der Waals surface area (Å²) in [4.78, 5) is 29.2. The van der Waals surface area contributed by atoms with E-state index in [9.17, 15) is 9.59 Å². The molecule has 3 rings (SSSR count). The van der Waals surface area contributed by atoms with Crippen molar-refractivity contribution in [2.75, 3.05) is 11.1 Å². The molecule has 1 amide bonds. The Morgan fingerprint density at radius 1 is 1.23 bits per heavy atom. The molecule has 6 nitrogen and oxygen atoms in total. The van der Waals surface area contributed by atoms with Crippen LogP contribution in [-0.4, -0.2) is 26.3 Å². The number of carbonyl (C=O) groups is 1. The van der Waals surface area contributed by atoms with Gasteiger partial charge in [-0.2, -0.15) is 9.61 Å². The molecule has 0 aliphatic carbocycles. The van der Waals surface area contributed by atoms with Crippen molar-refractivity contribution in [2.24, 2.45) is 0 Å². The Morgan fingerprint density at radius 2 is 2.00 bits per heavy atom. The van der Waals surface area contributed by atoms with Gasteiger partial charge in [0.2, 0.25) is 10.9 Å². The third-order valence-corrected chi connectivity index (χ3v) is 5.79. The molecule has 0 unspecified atom stereocenters. The molecule has 0 aliphatic rings. The van der Waals surface area contributed by atoms with Gasteiger partial charge >= 0.3 is 0 Å². The number of aryl methyl sites for hydroxylation is 2. The molecule has 0 bridgehead atoms. The number of thioether (sulfide) groups is 1. The zero-order chi connectivity index (χ0) is 18.5. The number of anilines is 1. The Hall–Kier alpha value is -2.19. The van der Waals surface area contributed by atoms with Gasteiger partial charge in [-0.05, 0) is 30.5 Å². The van der Waals surface area contributed by atoms with Gasteiger partial charge in [0, 0.05) is 17.5 Å². The summed E-state index contributed by atoms with van der Waals surface area (Å²) in [5.41, 5.74) is 2.52. The van der Waals surface area contributed by atoms with Crippen molar-refractivity contribution in [2.45, 2.75) is 32.4 Å². The second-order valence-electron chi connectivity index (χ2n) is 5.72. The van der Waals surface area contributed by atoms with Crippen LogP contribution in [0.25, 0.3) is 4.96 Å². The van der Waals surface area contributed by atoms with Gasteiger partial charge in [-0.25, -0.2) is 4.98 Å². The first-order chi connectivity index (χ1) is 12.6. The van der Waals surface area contributed by atoms with Gasteiger partial charge in [0.15, 0.2) is 0 Å². The number of amides is 1. The Kier molecular flexibility index (Phi) is 6.05. The first-order valence-electron chi connectivity index (χ1n) is 8.44. The van der Waals surface area contributed by atoms with E-state index in [4.69, 9.17) is 0 Å². The lowest BCUT2D eigenvalue weighted by atomic mass is 10.1. The highest BCUT2D eigenvalue weighted by Gasteiger charge is 2.09. The second-order valence-corrected chi connectivity index (χ2v) is 7.75. The fourth-order valence-electron chi connectivity index (χ4n) is 2.38. The van der Waals surface area contributed by atoms with E-state index in [1.165, 1.54) is 39.2 Å². The van der Waals surface area contributed by atoms with Crippen LogP contribution in [0.4, 0.5) is 5.69 Å². The maximum Gasteiger partial charge on any atom is 0.275 e. The van der Waals surface area contributed by atoms with Crippen molar-refractivity contribution >= 4 is 39.7 Å². The molecule has 26 heavy (non-hydrogen) atoms. The molecule has 0 atom stereocenters. The van der Waals surface area contributed by atoms with Gasteiger partial charge in [0.05, 0.1) is 11.4 Å². The second kappa shape index (κ2) is 8.46. The molecule has 0 spiro atoms. The van der Waals surface area contributed by atoms with Crippen LogP contribution >= 0.6 is 23.1 Å². The molecule has 0 aliphatic heterocycles. The van der Waals surface area contributed by atoms with Crippen molar-refractivity contribution < 1.29 is 4.79 Å². The number of fused-ring (bicyclic) bond motifs is 1. The molecule has 3 aromatic rings. The first kappa shape index (κ1) is 18.6. The van der Waals surface area contributed by atoms with Crippen LogP contribution in [-0.2, 0) is 23.4 Å². The number of hydrogen-bond acceptors (Lipinski definition) is 6. The lowest BCUT2D eigenvalue weighted by Gasteiger charge is -2.06. The normalized spacial score (nSPS) is 11.0. The SMILES string of the molecule is CCc1ccc(NC(=O)CSCc2cc(=O)n3nc(CC)sc3n2)cc1. The van der Waals surface area contributed by atoms with Crippen molar-refractivity contribution in [1.82, 2.24) is 14.6 Å². The fraction of sp³-hybridized carbons (Fsp3) is 0.333. The summed E-state index contributed by atoms with van der Waals surface area (Å²) in [6.45, 7) is 4.09. The highest BCUT2D eigenvalue weighted by atomic mass is 32.2. The van der Waals surface area contributed by atoms with Gasteiger partial charge in [-0.3, -0.25) is 9.59 Å². The standard InChI is InChI=1S/C18H20N4O2S2/c1-3-12-5-7-13(8-6-12)19-15(23)11-25-10-14-9-17(24)22-18(20-14)26-16(4-2)21-22/h5-9H,3-4,10-11H2,1-2H3,(H,19,23). The molecule has 0 saturated heterocycles. The van der Waals surface area contributed by atoms with Gasteiger partial charge < -0.3 is 5.32 Å². The van der Waals surface area contributed by atoms with Crippen molar-refractivity contribution in [1.29, 1.82) is 0 Å². The molecule has 1 aromatic carbocycles. The quantitative estimate of drug-likeness (QED) is 0.673. The lowest BCUT2D eigenvalue weighted by Crippen LogP contribution is -2.16. The van der Waals surface area contributed by atoms with E-state index >= 15 is 0 Å². The number of nitrogens with zero attached hydrogens (tertiary/aromatic N) is 3. The minimum atomic E-state index is -0.179. The number of hydrogen-bond donors (Lipinski definition) is 1. The van der Waals surface area contributed by atoms with E-state index in [0.29, 0.717) is 22.2 Å². The minimum absolute atomic E-state index is 0.0666. The van der Waals surface area contributed by atoms with Crippen LogP contribution in [0.15, 0.2) is 35.1 Å². The largest absolute Gasteiger partial charge is 0.325 e. The van der Waals surface area contributed by atoms with E-state index in [0.717, 1.165) is 23.5 Å². The number of aromatic nitrogens is 3. The predicted molar refractivity (Wildman–Crippen MR) is 107 cm³/mol. The topological polar surface area (TPSA) is 76.4 Å². The monoisotopic (exact) mass is 388 g/mol. The third kappa shape index (κ3) is 4.50. The summed E-state index contributed by atoms with van der Waals surface area (Å²) in [7, 11) is 0. The Bertz CT molecular complexity index is 963. The van der Waals surface area contributed by atoms with Crippen LogP contribution in [0.1, 0.15) is 30.1 Å². The van der Waals surface area contributed by atoms with Crippen LogP contribution < -0.4 is 10.9 Å². The number of rotatable bonds is 7. The predicted octanol–water partition coefficient (Wildman–Crippen LogP) is 3.15. The van der Waals surface area contributed by atoms with Gasteiger partial charge in [-0.1, -0.05) is 37.3 Å². The molecular weight excluding hydrogens is 368 g/mol. The van der Waals surface area contributed by atoms with Crippen molar-refractivity contribution in [3.05, 3.63) is 57.0 Å². The molecule has 0 radical (unpaired) electrons. The van der Waals surface area contributed by atoms with E-state index in [1.54, 1.807) is 0 Å². The Labute approximate surface area is 159 Å². The first-order valence-corrected chi connectivity index (χ1v) is 10.4. The van der Waals surface area contributed by atoms with Crippen LogP contribution in [0.3, 0.4) is 0 Å². The molecule has 0 saturated carbocycles. The highest BCUT2D eigenvalue weighted by Crippen LogP contribution is 2.15. The maximum absolute atomic E-state index is 12.1. The molecule has 2 aromatic heterocycles. The van der Waals surface area contributed by atoms with Crippen LogP contribution in [0.5, 0.6) is 0 Å². The summed E-state index contributed by atoms with van der Waals surface area (Å²) in [5, 5.41) is 7.99.